The summed E-state index contributed by atoms with van der Waals surface area (Å²) in [4.78, 5) is 13.0. The first kappa shape index (κ1) is 19.4. The molecule has 3 aromatic rings. The SMILES string of the molecule is COc1ccc(NC(=O)c2ccc3c(c2)[C@@H]2[C@@H]4CC[C@@H](C4)[C@@H]2[C@@H](c2ccccc2)N3)cc1. The summed E-state index contributed by atoms with van der Waals surface area (Å²) in [5.41, 5.74) is 5.39. The summed E-state index contributed by atoms with van der Waals surface area (Å²) >= 11 is 0. The van der Waals surface area contributed by atoms with Gasteiger partial charge in [0.2, 0.25) is 0 Å². The first-order valence-corrected chi connectivity index (χ1v) is 11.6. The Hall–Kier alpha value is -3.27. The Morgan fingerprint density at radius 3 is 2.53 bits per heavy atom. The summed E-state index contributed by atoms with van der Waals surface area (Å²) < 4.78 is 5.21. The van der Waals surface area contributed by atoms with Crippen LogP contribution in [0.15, 0.2) is 72.8 Å². The number of ether oxygens (including phenoxy) is 1. The Morgan fingerprint density at radius 1 is 0.969 bits per heavy atom. The molecule has 2 saturated carbocycles. The molecule has 32 heavy (non-hydrogen) atoms. The molecule has 0 aromatic heterocycles. The topological polar surface area (TPSA) is 50.4 Å². The molecule has 3 aliphatic rings. The third-order valence-electron chi connectivity index (χ3n) is 7.86. The summed E-state index contributed by atoms with van der Waals surface area (Å²) in [6.45, 7) is 0. The van der Waals surface area contributed by atoms with Crippen molar-refractivity contribution in [2.75, 3.05) is 17.7 Å². The Balaban J connectivity index is 1.32. The molecule has 6 rings (SSSR count). The van der Waals surface area contributed by atoms with Gasteiger partial charge in [0.15, 0.2) is 0 Å². The van der Waals surface area contributed by atoms with Crippen molar-refractivity contribution in [1.82, 2.24) is 0 Å². The van der Waals surface area contributed by atoms with Crippen LogP contribution >= 0.6 is 0 Å². The molecule has 1 aliphatic heterocycles. The van der Waals surface area contributed by atoms with Gasteiger partial charge >= 0.3 is 0 Å². The number of benzene rings is 3. The molecule has 162 valence electrons. The van der Waals surface area contributed by atoms with Gasteiger partial charge < -0.3 is 15.4 Å². The van der Waals surface area contributed by atoms with E-state index in [-0.39, 0.29) is 5.91 Å². The number of methoxy groups -OCH3 is 1. The van der Waals surface area contributed by atoms with E-state index in [1.807, 2.05) is 30.3 Å². The minimum absolute atomic E-state index is 0.0668. The summed E-state index contributed by atoms with van der Waals surface area (Å²) in [7, 11) is 1.64. The molecule has 2 fully saturated rings. The van der Waals surface area contributed by atoms with Crippen LogP contribution in [0.25, 0.3) is 0 Å². The van der Waals surface area contributed by atoms with E-state index in [9.17, 15) is 4.79 Å². The number of rotatable bonds is 4. The molecule has 1 heterocycles. The van der Waals surface area contributed by atoms with Crippen molar-refractivity contribution in [3.05, 3.63) is 89.5 Å². The lowest BCUT2D eigenvalue weighted by atomic mass is 9.68. The largest absolute Gasteiger partial charge is 0.497 e. The Kier molecular flexibility index (Phi) is 4.67. The van der Waals surface area contributed by atoms with E-state index in [4.69, 9.17) is 4.74 Å². The molecule has 4 heteroatoms. The van der Waals surface area contributed by atoms with Gasteiger partial charge in [-0.25, -0.2) is 0 Å². The van der Waals surface area contributed by atoms with Crippen LogP contribution in [0.5, 0.6) is 5.75 Å². The second kappa shape index (κ2) is 7.70. The average molecular weight is 425 g/mol. The molecule has 2 N–H and O–H groups in total. The maximum Gasteiger partial charge on any atom is 0.255 e. The van der Waals surface area contributed by atoms with Crippen molar-refractivity contribution in [1.29, 1.82) is 0 Å². The monoisotopic (exact) mass is 424 g/mol. The van der Waals surface area contributed by atoms with Gasteiger partial charge in [0, 0.05) is 16.9 Å². The quantitative estimate of drug-likeness (QED) is 0.521. The lowest BCUT2D eigenvalue weighted by molar-refractivity contribution is 0.102. The molecule has 5 atom stereocenters. The van der Waals surface area contributed by atoms with Crippen LogP contribution in [0.4, 0.5) is 11.4 Å². The van der Waals surface area contributed by atoms with E-state index in [0.29, 0.717) is 17.9 Å². The zero-order valence-corrected chi connectivity index (χ0v) is 18.3. The van der Waals surface area contributed by atoms with E-state index >= 15 is 0 Å². The second-order valence-corrected chi connectivity index (χ2v) is 9.45. The summed E-state index contributed by atoms with van der Waals surface area (Å²) in [6.07, 6.45) is 3.97. The van der Waals surface area contributed by atoms with Crippen LogP contribution in [0.2, 0.25) is 0 Å². The van der Waals surface area contributed by atoms with Crippen LogP contribution in [0.3, 0.4) is 0 Å². The van der Waals surface area contributed by atoms with Gasteiger partial charge in [-0.2, -0.15) is 0 Å². The first-order valence-electron chi connectivity index (χ1n) is 11.6. The van der Waals surface area contributed by atoms with Gasteiger partial charge in [0.1, 0.15) is 5.75 Å². The fourth-order valence-corrected chi connectivity index (χ4v) is 6.50. The van der Waals surface area contributed by atoms with Crippen molar-refractivity contribution in [2.24, 2.45) is 17.8 Å². The number of fused-ring (bicyclic) bond motifs is 7. The summed E-state index contributed by atoms with van der Waals surface area (Å²) in [5, 5.41) is 6.88. The van der Waals surface area contributed by atoms with Gasteiger partial charge in [-0.15, -0.1) is 0 Å². The number of anilines is 2. The Bertz CT molecular complexity index is 1140. The highest BCUT2D eigenvalue weighted by molar-refractivity contribution is 6.04. The standard InChI is InChI=1S/C28H28N2O2/c1-32-22-12-10-21(11-13-22)29-28(31)20-9-14-24-23(16-20)25-18-7-8-19(15-18)26(25)27(30-24)17-5-3-2-4-6-17/h2-6,9-14,16,18-19,25-27,30H,7-8,15H2,1H3,(H,29,31)/t18-,19+,25+,26+,27-/m1/s1. The van der Waals surface area contributed by atoms with Crippen molar-refractivity contribution >= 4 is 17.3 Å². The summed E-state index contributed by atoms with van der Waals surface area (Å²) in [5.74, 6) is 3.35. The van der Waals surface area contributed by atoms with Gasteiger partial charge in [-0.1, -0.05) is 30.3 Å². The Morgan fingerprint density at radius 2 is 1.75 bits per heavy atom. The third kappa shape index (κ3) is 3.17. The van der Waals surface area contributed by atoms with Crippen molar-refractivity contribution < 1.29 is 9.53 Å². The van der Waals surface area contributed by atoms with Crippen molar-refractivity contribution in [2.45, 2.75) is 31.2 Å². The molecule has 1 amide bonds. The van der Waals surface area contributed by atoms with Crippen LogP contribution < -0.4 is 15.4 Å². The van der Waals surface area contributed by atoms with Gasteiger partial charge in [0.25, 0.3) is 5.91 Å². The van der Waals surface area contributed by atoms with E-state index in [2.05, 4.69) is 53.1 Å². The van der Waals surface area contributed by atoms with E-state index < -0.39 is 0 Å². The maximum atomic E-state index is 13.0. The molecule has 4 nitrogen and oxygen atoms in total. The molecule has 0 unspecified atom stereocenters. The number of amides is 1. The molecule has 0 spiro atoms. The van der Waals surface area contributed by atoms with E-state index in [1.165, 1.54) is 36.1 Å². The van der Waals surface area contributed by atoms with Crippen molar-refractivity contribution in [3.63, 3.8) is 0 Å². The fourth-order valence-electron chi connectivity index (χ4n) is 6.50. The van der Waals surface area contributed by atoms with Crippen molar-refractivity contribution in [3.8, 4) is 5.75 Å². The van der Waals surface area contributed by atoms with E-state index in [0.717, 1.165) is 28.8 Å². The van der Waals surface area contributed by atoms with Gasteiger partial charge in [0.05, 0.1) is 13.2 Å². The highest BCUT2D eigenvalue weighted by atomic mass is 16.5. The molecule has 2 bridgehead atoms. The average Bonchev–Trinajstić information content (AvgIpc) is 3.47. The highest BCUT2D eigenvalue weighted by Gasteiger charge is 2.53. The van der Waals surface area contributed by atoms with E-state index in [1.54, 1.807) is 7.11 Å². The molecule has 3 aromatic carbocycles. The molecule has 2 aliphatic carbocycles. The zero-order chi connectivity index (χ0) is 21.7. The zero-order valence-electron chi connectivity index (χ0n) is 18.3. The maximum absolute atomic E-state index is 13.0. The molecule has 0 saturated heterocycles. The molecule has 0 radical (unpaired) electrons. The lowest BCUT2D eigenvalue weighted by Crippen LogP contribution is -2.35. The number of hydrogen-bond acceptors (Lipinski definition) is 3. The first-order chi connectivity index (χ1) is 15.7. The minimum atomic E-state index is -0.0668. The molecular weight excluding hydrogens is 396 g/mol. The normalized spacial score (nSPS) is 27.2. The highest BCUT2D eigenvalue weighted by Crippen LogP contribution is 2.63. The van der Waals surface area contributed by atoms with Gasteiger partial charge in [-0.3, -0.25) is 4.79 Å². The number of hydrogen-bond donors (Lipinski definition) is 2. The minimum Gasteiger partial charge on any atom is -0.497 e. The number of carbonyl (C=O) groups excluding carboxylic acids is 1. The number of carbonyl (C=O) groups is 1. The van der Waals surface area contributed by atoms with Crippen LogP contribution in [0.1, 0.15) is 52.7 Å². The summed E-state index contributed by atoms with van der Waals surface area (Å²) in [6, 6.07) is 24.9. The fraction of sp³-hybridized carbons (Fsp3) is 0.321. The smallest absolute Gasteiger partial charge is 0.255 e. The van der Waals surface area contributed by atoms with Gasteiger partial charge in [-0.05, 0) is 96.5 Å². The predicted octanol–water partition coefficient (Wildman–Crippen LogP) is 6.24. The third-order valence-corrected chi connectivity index (χ3v) is 7.86. The number of nitrogens with one attached hydrogen (secondary N) is 2. The van der Waals surface area contributed by atoms with Crippen LogP contribution in [-0.4, -0.2) is 13.0 Å². The molecular formula is C28H28N2O2. The lowest BCUT2D eigenvalue weighted by Gasteiger charge is -2.43. The Labute approximate surface area is 189 Å². The van der Waals surface area contributed by atoms with Crippen LogP contribution in [-0.2, 0) is 0 Å². The second-order valence-electron chi connectivity index (χ2n) is 9.45. The van der Waals surface area contributed by atoms with Crippen LogP contribution in [0, 0.1) is 17.8 Å². The predicted molar refractivity (Wildman–Crippen MR) is 127 cm³/mol.